The van der Waals surface area contributed by atoms with Crippen LogP contribution >= 0.6 is 0 Å². The number of hydrogen-bond donors (Lipinski definition) is 0. The summed E-state index contributed by atoms with van der Waals surface area (Å²) in [6, 6.07) is 11.0. The Labute approximate surface area is 77.6 Å². The molecule has 1 nitrogen and oxygen atoms in total. The Hall–Kier alpha value is -0.643. The van der Waals surface area contributed by atoms with Gasteiger partial charge in [0.05, 0.1) is 0 Å². The molecule has 0 radical (unpaired) electrons. The maximum atomic E-state index is 5.31. The second-order valence-corrected chi connectivity index (χ2v) is 2.28. The van der Waals surface area contributed by atoms with E-state index in [1.54, 1.807) is 0 Å². The van der Waals surface area contributed by atoms with Gasteiger partial charge in [-0.3, -0.25) is 0 Å². The van der Waals surface area contributed by atoms with Crippen LogP contribution in [0.3, 0.4) is 0 Å². The van der Waals surface area contributed by atoms with E-state index < -0.39 is 0 Å². The average Bonchev–Trinajstić information content (AvgIpc) is 2.27. The maximum Gasteiger partial charge on any atom is 1.00 e. The molecule has 2 aromatic rings. The third kappa shape index (κ3) is 1.50. The zero-order valence-electron chi connectivity index (χ0n) is 6.72. The van der Waals surface area contributed by atoms with Crippen LogP contribution in [0.1, 0.15) is 5.76 Å². The van der Waals surface area contributed by atoms with Crippen LogP contribution in [0.15, 0.2) is 28.7 Å². The van der Waals surface area contributed by atoms with Crippen molar-refractivity contribution in [2.24, 2.45) is 0 Å². The van der Waals surface area contributed by atoms with Crippen LogP contribution in [0, 0.1) is 13.0 Å². The second-order valence-electron chi connectivity index (χ2n) is 2.28. The molecule has 50 valence electrons. The molecule has 0 spiro atoms. The molecule has 0 N–H and O–H groups in total. The normalized spacial score (nSPS) is 9.55. The average molecular weight is 138 g/mol. The van der Waals surface area contributed by atoms with E-state index >= 15 is 0 Å². The van der Waals surface area contributed by atoms with Crippen molar-refractivity contribution in [2.75, 3.05) is 0 Å². The van der Waals surface area contributed by atoms with Gasteiger partial charge in [0.2, 0.25) is 0 Å². The summed E-state index contributed by atoms with van der Waals surface area (Å²) >= 11 is 0. The van der Waals surface area contributed by atoms with E-state index in [2.05, 4.69) is 6.07 Å². The number of hydrogen-bond acceptors (Lipinski definition) is 1. The van der Waals surface area contributed by atoms with Crippen molar-refractivity contribution in [1.82, 2.24) is 0 Å². The van der Waals surface area contributed by atoms with E-state index in [1.165, 1.54) is 0 Å². The number of benzene rings is 1. The zero-order valence-corrected chi connectivity index (χ0v) is 6.72. The summed E-state index contributed by atoms with van der Waals surface area (Å²) in [6.45, 7) is 1.90. The van der Waals surface area contributed by atoms with Gasteiger partial charge in [0.25, 0.3) is 0 Å². The minimum absolute atomic E-state index is 0. The van der Waals surface area contributed by atoms with Gasteiger partial charge < -0.3 is 4.42 Å². The van der Waals surface area contributed by atoms with Gasteiger partial charge in [0, 0.05) is 11.3 Å². The molecule has 2 heteroatoms. The summed E-state index contributed by atoms with van der Waals surface area (Å²) in [6.07, 6.45) is 0. The molecule has 0 atom stereocenters. The molecule has 0 aliphatic heterocycles. The number of aryl methyl sites for hydroxylation is 1. The number of fused-ring (bicyclic) bond motifs is 1. The Bertz CT molecular complexity index is 318. The first-order chi connectivity index (χ1) is 4.86. The monoisotopic (exact) mass is 138 g/mol. The fourth-order valence-corrected chi connectivity index (χ4v) is 1.04. The van der Waals surface area contributed by atoms with E-state index in [0.29, 0.717) is 0 Å². The molecule has 11 heavy (non-hydrogen) atoms. The van der Waals surface area contributed by atoms with Crippen molar-refractivity contribution in [3.63, 3.8) is 0 Å². The predicted octanol–water partition coefficient (Wildman–Crippen LogP) is -0.455. The molecule has 0 aliphatic rings. The molecule has 0 saturated carbocycles. The zero-order chi connectivity index (χ0) is 6.97. The van der Waals surface area contributed by atoms with Crippen molar-refractivity contribution in [3.8, 4) is 0 Å². The van der Waals surface area contributed by atoms with Gasteiger partial charge >= 0.3 is 18.9 Å². The van der Waals surface area contributed by atoms with Crippen molar-refractivity contribution in [3.05, 3.63) is 36.1 Å². The van der Waals surface area contributed by atoms with E-state index in [9.17, 15) is 0 Å². The van der Waals surface area contributed by atoms with Gasteiger partial charge in [-0.05, 0) is 6.92 Å². The van der Waals surface area contributed by atoms with Crippen molar-refractivity contribution in [1.29, 1.82) is 0 Å². The quantitative estimate of drug-likeness (QED) is 0.355. The van der Waals surface area contributed by atoms with Gasteiger partial charge in [-0.1, -0.05) is 12.1 Å². The molecule has 2 rings (SSSR count). The number of rotatable bonds is 0. The van der Waals surface area contributed by atoms with Crippen LogP contribution in [0.4, 0.5) is 0 Å². The van der Waals surface area contributed by atoms with E-state index in [1.807, 2.05) is 31.2 Å². The smallest absolute Gasteiger partial charge is 0.533 e. The molecule has 0 amide bonds. The van der Waals surface area contributed by atoms with Crippen molar-refractivity contribution >= 4 is 11.0 Å². The number of para-hydroxylation sites is 1. The maximum absolute atomic E-state index is 5.31. The first-order valence-corrected chi connectivity index (χ1v) is 3.24. The third-order valence-electron chi connectivity index (χ3n) is 1.46. The topological polar surface area (TPSA) is 13.1 Å². The first-order valence-electron chi connectivity index (χ1n) is 3.24. The first kappa shape index (κ1) is 8.45. The molecule has 0 saturated heterocycles. The molecule has 0 unspecified atom stereocenters. The summed E-state index contributed by atoms with van der Waals surface area (Å²) in [5.74, 6) is 0.848. The van der Waals surface area contributed by atoms with Crippen LogP contribution in [0.25, 0.3) is 11.0 Å². The molecule has 0 aliphatic carbocycles. The Kier molecular flexibility index (Phi) is 2.44. The van der Waals surface area contributed by atoms with Gasteiger partial charge in [-0.2, -0.15) is 6.07 Å². The molecular formula is C9H7LiO. The molecule has 1 heterocycles. The van der Waals surface area contributed by atoms with Crippen molar-refractivity contribution < 1.29 is 23.3 Å². The summed E-state index contributed by atoms with van der Waals surface area (Å²) in [7, 11) is 0. The summed E-state index contributed by atoms with van der Waals surface area (Å²) in [4.78, 5) is 0. The Morgan fingerprint density at radius 1 is 1.27 bits per heavy atom. The Balaban J connectivity index is 0.000000605. The van der Waals surface area contributed by atoms with Crippen LogP contribution in [0.5, 0.6) is 0 Å². The molecular weight excluding hydrogens is 131 g/mol. The van der Waals surface area contributed by atoms with Crippen LogP contribution in [-0.4, -0.2) is 0 Å². The van der Waals surface area contributed by atoms with Crippen molar-refractivity contribution in [2.45, 2.75) is 6.92 Å². The van der Waals surface area contributed by atoms with Gasteiger partial charge in [-0.15, -0.1) is 17.5 Å². The molecule has 0 fully saturated rings. The second kappa shape index (κ2) is 3.17. The van der Waals surface area contributed by atoms with Crippen LogP contribution in [-0.2, 0) is 0 Å². The molecule has 1 aromatic heterocycles. The van der Waals surface area contributed by atoms with E-state index in [4.69, 9.17) is 4.42 Å². The fraction of sp³-hybridized carbons (Fsp3) is 0.111. The standard InChI is InChI=1S/C9H7O.Li/c1-7-6-8-4-2-3-5-9(8)10-7;/h2-5H,1H3;/q-1;+1. The predicted molar refractivity (Wildman–Crippen MR) is 39.8 cm³/mol. The summed E-state index contributed by atoms with van der Waals surface area (Å²) in [5, 5.41) is 1.06. The van der Waals surface area contributed by atoms with E-state index in [-0.39, 0.29) is 18.9 Å². The van der Waals surface area contributed by atoms with Crippen LogP contribution < -0.4 is 18.9 Å². The summed E-state index contributed by atoms with van der Waals surface area (Å²) < 4.78 is 5.31. The van der Waals surface area contributed by atoms with Crippen LogP contribution in [0.2, 0.25) is 0 Å². The largest absolute Gasteiger partial charge is 1.00 e. The van der Waals surface area contributed by atoms with E-state index in [0.717, 1.165) is 16.7 Å². The minimum atomic E-state index is 0. The van der Waals surface area contributed by atoms with Gasteiger partial charge in [0.15, 0.2) is 0 Å². The Morgan fingerprint density at radius 2 is 2.00 bits per heavy atom. The SMILES string of the molecule is Cc1[c-]c2ccccc2o1.[Li+]. The van der Waals surface area contributed by atoms with Gasteiger partial charge in [0.1, 0.15) is 0 Å². The fourth-order valence-electron chi connectivity index (χ4n) is 1.04. The number of furan rings is 1. The molecule has 1 aromatic carbocycles. The minimum Gasteiger partial charge on any atom is -0.533 e. The third-order valence-corrected chi connectivity index (χ3v) is 1.46. The molecule has 0 bridgehead atoms. The summed E-state index contributed by atoms with van der Waals surface area (Å²) in [5.41, 5.74) is 0.917. The Morgan fingerprint density at radius 3 is 2.73 bits per heavy atom. The van der Waals surface area contributed by atoms with Gasteiger partial charge in [-0.25, -0.2) is 0 Å².